The fourth-order valence-corrected chi connectivity index (χ4v) is 2.20. The Morgan fingerprint density at radius 2 is 1.86 bits per heavy atom. The standard InChI is InChI=1S/C17H17N3O/c1-12-3-5-13(6-4-12)10-18-17-15-8-7-14(21-2)9-16(15)19-11-20-17/h3-9,11H,10H2,1-2H3,(H,18,19,20). The van der Waals surface area contributed by atoms with Crippen LogP contribution in [0.4, 0.5) is 5.82 Å². The number of hydrogen-bond donors (Lipinski definition) is 1. The molecule has 0 aliphatic heterocycles. The Labute approximate surface area is 123 Å². The van der Waals surface area contributed by atoms with E-state index in [2.05, 4.69) is 46.5 Å². The Balaban J connectivity index is 1.85. The van der Waals surface area contributed by atoms with Crippen LogP contribution in [0, 0.1) is 6.92 Å². The van der Waals surface area contributed by atoms with Crippen LogP contribution in [-0.2, 0) is 6.54 Å². The van der Waals surface area contributed by atoms with Crippen LogP contribution in [0.1, 0.15) is 11.1 Å². The Bertz CT molecular complexity index is 754. The zero-order valence-corrected chi connectivity index (χ0v) is 12.1. The van der Waals surface area contributed by atoms with Crippen LogP contribution >= 0.6 is 0 Å². The van der Waals surface area contributed by atoms with Gasteiger partial charge in [-0.15, -0.1) is 0 Å². The lowest BCUT2D eigenvalue weighted by Crippen LogP contribution is -2.02. The number of rotatable bonds is 4. The molecule has 0 spiro atoms. The minimum atomic E-state index is 0.735. The summed E-state index contributed by atoms with van der Waals surface area (Å²) in [6.07, 6.45) is 1.57. The average Bonchev–Trinajstić information content (AvgIpc) is 2.53. The first kappa shape index (κ1) is 13.4. The number of aryl methyl sites for hydroxylation is 1. The van der Waals surface area contributed by atoms with Gasteiger partial charge in [0, 0.05) is 18.0 Å². The molecule has 0 bridgehead atoms. The van der Waals surface area contributed by atoms with Crippen molar-refractivity contribution in [2.75, 3.05) is 12.4 Å². The topological polar surface area (TPSA) is 47.0 Å². The predicted octanol–water partition coefficient (Wildman–Crippen LogP) is 3.56. The van der Waals surface area contributed by atoms with E-state index >= 15 is 0 Å². The number of methoxy groups -OCH3 is 1. The molecular weight excluding hydrogens is 262 g/mol. The smallest absolute Gasteiger partial charge is 0.137 e. The zero-order valence-electron chi connectivity index (χ0n) is 12.1. The summed E-state index contributed by atoms with van der Waals surface area (Å²) in [6.45, 7) is 2.82. The highest BCUT2D eigenvalue weighted by Crippen LogP contribution is 2.23. The van der Waals surface area contributed by atoms with E-state index in [-0.39, 0.29) is 0 Å². The number of nitrogens with zero attached hydrogens (tertiary/aromatic N) is 2. The fraction of sp³-hybridized carbons (Fsp3) is 0.176. The number of fused-ring (bicyclic) bond motifs is 1. The molecule has 2 aromatic carbocycles. The third kappa shape index (κ3) is 2.94. The average molecular weight is 279 g/mol. The predicted molar refractivity (Wildman–Crippen MR) is 84.6 cm³/mol. The number of anilines is 1. The molecule has 1 aromatic heterocycles. The van der Waals surface area contributed by atoms with E-state index in [1.807, 2.05) is 18.2 Å². The monoisotopic (exact) mass is 279 g/mol. The summed E-state index contributed by atoms with van der Waals surface area (Å²) >= 11 is 0. The Hall–Kier alpha value is -2.62. The minimum Gasteiger partial charge on any atom is -0.497 e. The van der Waals surface area contributed by atoms with Crippen LogP contribution in [0.15, 0.2) is 48.8 Å². The molecule has 1 heterocycles. The van der Waals surface area contributed by atoms with Crippen molar-refractivity contribution in [2.24, 2.45) is 0 Å². The van der Waals surface area contributed by atoms with Crippen LogP contribution < -0.4 is 10.1 Å². The highest BCUT2D eigenvalue weighted by molar-refractivity contribution is 5.89. The summed E-state index contributed by atoms with van der Waals surface area (Å²) in [5.74, 6) is 1.63. The molecule has 3 rings (SSSR count). The van der Waals surface area contributed by atoms with Crippen LogP contribution in [0.5, 0.6) is 5.75 Å². The van der Waals surface area contributed by atoms with Crippen molar-refractivity contribution in [3.8, 4) is 5.75 Å². The first-order valence-corrected chi connectivity index (χ1v) is 6.84. The number of ether oxygens (including phenoxy) is 1. The molecule has 0 radical (unpaired) electrons. The summed E-state index contributed by atoms with van der Waals surface area (Å²) in [7, 11) is 1.65. The summed E-state index contributed by atoms with van der Waals surface area (Å²) in [5, 5.41) is 4.36. The largest absolute Gasteiger partial charge is 0.497 e. The fourth-order valence-electron chi connectivity index (χ4n) is 2.20. The summed E-state index contributed by atoms with van der Waals surface area (Å²) in [6, 6.07) is 14.3. The maximum atomic E-state index is 5.22. The van der Waals surface area contributed by atoms with E-state index in [0.717, 1.165) is 29.0 Å². The third-order valence-electron chi connectivity index (χ3n) is 3.42. The second-order valence-electron chi connectivity index (χ2n) is 4.94. The van der Waals surface area contributed by atoms with E-state index < -0.39 is 0 Å². The molecule has 21 heavy (non-hydrogen) atoms. The van der Waals surface area contributed by atoms with Gasteiger partial charge < -0.3 is 10.1 Å². The first-order valence-electron chi connectivity index (χ1n) is 6.84. The van der Waals surface area contributed by atoms with Gasteiger partial charge in [-0.05, 0) is 24.6 Å². The molecule has 0 atom stereocenters. The summed E-state index contributed by atoms with van der Waals surface area (Å²) in [5.41, 5.74) is 3.36. The molecule has 0 saturated carbocycles. The van der Waals surface area contributed by atoms with Crippen molar-refractivity contribution in [1.29, 1.82) is 0 Å². The minimum absolute atomic E-state index is 0.735. The van der Waals surface area contributed by atoms with E-state index in [0.29, 0.717) is 0 Å². The van der Waals surface area contributed by atoms with Crippen molar-refractivity contribution in [3.63, 3.8) is 0 Å². The van der Waals surface area contributed by atoms with Gasteiger partial charge >= 0.3 is 0 Å². The van der Waals surface area contributed by atoms with E-state index in [1.54, 1.807) is 13.4 Å². The number of aromatic nitrogens is 2. The lowest BCUT2D eigenvalue weighted by atomic mass is 10.1. The molecule has 0 fully saturated rings. The Kier molecular flexibility index (Phi) is 3.69. The van der Waals surface area contributed by atoms with Crippen molar-refractivity contribution in [1.82, 2.24) is 9.97 Å². The molecule has 1 N–H and O–H groups in total. The van der Waals surface area contributed by atoms with Gasteiger partial charge in [-0.3, -0.25) is 0 Å². The molecule has 0 aliphatic rings. The molecule has 4 nitrogen and oxygen atoms in total. The lowest BCUT2D eigenvalue weighted by molar-refractivity contribution is 0.415. The number of nitrogens with one attached hydrogen (secondary N) is 1. The molecule has 3 aromatic rings. The zero-order chi connectivity index (χ0) is 14.7. The molecule has 0 saturated heterocycles. The molecule has 0 amide bonds. The second kappa shape index (κ2) is 5.79. The third-order valence-corrected chi connectivity index (χ3v) is 3.42. The van der Waals surface area contributed by atoms with E-state index in [4.69, 9.17) is 4.74 Å². The molecule has 0 unspecified atom stereocenters. The van der Waals surface area contributed by atoms with Crippen molar-refractivity contribution < 1.29 is 4.74 Å². The number of hydrogen-bond acceptors (Lipinski definition) is 4. The van der Waals surface area contributed by atoms with Crippen LogP contribution in [0.3, 0.4) is 0 Å². The highest BCUT2D eigenvalue weighted by Gasteiger charge is 2.04. The van der Waals surface area contributed by atoms with Gasteiger partial charge in [-0.2, -0.15) is 0 Å². The lowest BCUT2D eigenvalue weighted by Gasteiger charge is -2.09. The first-order chi connectivity index (χ1) is 10.3. The Morgan fingerprint density at radius 3 is 2.62 bits per heavy atom. The SMILES string of the molecule is COc1ccc2c(NCc3ccc(C)cc3)ncnc2c1. The van der Waals surface area contributed by atoms with Crippen molar-refractivity contribution in [3.05, 3.63) is 59.9 Å². The normalized spacial score (nSPS) is 10.6. The van der Waals surface area contributed by atoms with Gasteiger partial charge in [-0.1, -0.05) is 29.8 Å². The van der Waals surface area contributed by atoms with Crippen molar-refractivity contribution in [2.45, 2.75) is 13.5 Å². The Morgan fingerprint density at radius 1 is 1.05 bits per heavy atom. The van der Waals surface area contributed by atoms with Crippen molar-refractivity contribution >= 4 is 16.7 Å². The maximum Gasteiger partial charge on any atom is 0.137 e. The molecule has 0 aliphatic carbocycles. The van der Waals surface area contributed by atoms with Crippen LogP contribution in [-0.4, -0.2) is 17.1 Å². The summed E-state index contributed by atoms with van der Waals surface area (Å²) < 4.78 is 5.22. The van der Waals surface area contributed by atoms with E-state index in [1.165, 1.54) is 11.1 Å². The molecular formula is C17H17N3O. The summed E-state index contributed by atoms with van der Waals surface area (Å²) in [4.78, 5) is 8.62. The van der Waals surface area contributed by atoms with Gasteiger partial charge in [0.15, 0.2) is 0 Å². The van der Waals surface area contributed by atoms with Gasteiger partial charge in [0.25, 0.3) is 0 Å². The molecule has 4 heteroatoms. The van der Waals surface area contributed by atoms with Gasteiger partial charge in [-0.25, -0.2) is 9.97 Å². The van der Waals surface area contributed by atoms with Crippen LogP contribution in [0.25, 0.3) is 10.9 Å². The maximum absolute atomic E-state index is 5.22. The van der Waals surface area contributed by atoms with Crippen LogP contribution in [0.2, 0.25) is 0 Å². The number of benzene rings is 2. The van der Waals surface area contributed by atoms with Gasteiger partial charge in [0.1, 0.15) is 17.9 Å². The molecule has 106 valence electrons. The van der Waals surface area contributed by atoms with E-state index in [9.17, 15) is 0 Å². The van der Waals surface area contributed by atoms with Gasteiger partial charge in [0.2, 0.25) is 0 Å². The van der Waals surface area contributed by atoms with Gasteiger partial charge in [0.05, 0.1) is 12.6 Å². The quantitative estimate of drug-likeness (QED) is 0.793. The second-order valence-corrected chi connectivity index (χ2v) is 4.94. The highest BCUT2D eigenvalue weighted by atomic mass is 16.5.